The lowest BCUT2D eigenvalue weighted by Gasteiger charge is -2.22. The van der Waals surface area contributed by atoms with Crippen LogP contribution in [0.2, 0.25) is 0 Å². The molecule has 0 bridgehead atoms. The molecule has 12 heteroatoms. The first kappa shape index (κ1) is 19.8. The van der Waals surface area contributed by atoms with Gasteiger partial charge in [0.1, 0.15) is 0 Å². The number of ether oxygens (including phenoxy) is 1. The molecular formula is C14H23N7O4S. The minimum Gasteiger partial charge on any atom is -0.413 e. The molecule has 144 valence electrons. The summed E-state index contributed by atoms with van der Waals surface area (Å²) < 4.78 is 30.5. The molecule has 1 fully saturated rings. The van der Waals surface area contributed by atoms with Crippen molar-refractivity contribution in [3.05, 3.63) is 11.6 Å². The molecule has 0 saturated carbocycles. The Morgan fingerprint density at radius 1 is 1.54 bits per heavy atom. The number of nitrogens with zero attached hydrogens (tertiary/aromatic N) is 3. The fourth-order valence-corrected chi connectivity index (χ4v) is 3.29. The number of sulfonamides is 1. The van der Waals surface area contributed by atoms with Gasteiger partial charge in [0.15, 0.2) is 11.5 Å². The van der Waals surface area contributed by atoms with E-state index in [0.717, 1.165) is 17.3 Å². The second-order valence-electron chi connectivity index (χ2n) is 6.04. The number of hydrazone groups is 1. The Morgan fingerprint density at radius 2 is 2.23 bits per heavy atom. The van der Waals surface area contributed by atoms with Crippen molar-refractivity contribution in [1.82, 2.24) is 20.4 Å². The van der Waals surface area contributed by atoms with Crippen LogP contribution >= 0.6 is 0 Å². The molecule has 0 radical (unpaired) electrons. The van der Waals surface area contributed by atoms with E-state index in [1.54, 1.807) is 0 Å². The van der Waals surface area contributed by atoms with Crippen LogP contribution in [0, 0.1) is 5.41 Å². The Bertz CT molecular complexity index is 766. The van der Waals surface area contributed by atoms with Crippen molar-refractivity contribution < 1.29 is 17.9 Å². The second kappa shape index (κ2) is 7.83. The van der Waals surface area contributed by atoms with Crippen molar-refractivity contribution in [2.45, 2.75) is 31.6 Å². The maximum absolute atomic E-state index is 12.2. The molecule has 0 aromatic carbocycles. The molecule has 0 spiro atoms. The number of carbonyl (C=O) groups is 1. The molecule has 0 aromatic heterocycles. The van der Waals surface area contributed by atoms with E-state index in [4.69, 9.17) is 10.1 Å². The number of amidine groups is 1. The normalized spacial score (nSPS) is 21.5. The van der Waals surface area contributed by atoms with E-state index in [0.29, 0.717) is 6.54 Å². The van der Waals surface area contributed by atoms with Crippen molar-refractivity contribution >= 4 is 34.4 Å². The van der Waals surface area contributed by atoms with Gasteiger partial charge in [0.2, 0.25) is 15.9 Å². The lowest BCUT2D eigenvalue weighted by atomic mass is 10.2. The van der Waals surface area contributed by atoms with Crippen molar-refractivity contribution in [2.24, 2.45) is 10.1 Å². The minimum absolute atomic E-state index is 0.0144. The van der Waals surface area contributed by atoms with Crippen LogP contribution in [-0.2, 0) is 19.6 Å². The number of aliphatic imine (C=N–C) groups is 1. The van der Waals surface area contributed by atoms with Crippen LogP contribution in [0.25, 0.3) is 0 Å². The summed E-state index contributed by atoms with van der Waals surface area (Å²) in [5, 5.41) is 17.0. The third-order valence-corrected chi connectivity index (χ3v) is 6.07. The first-order valence-electron chi connectivity index (χ1n) is 7.99. The quantitative estimate of drug-likeness (QED) is 0.337. The monoisotopic (exact) mass is 385 g/mol. The minimum atomic E-state index is -3.73. The summed E-state index contributed by atoms with van der Waals surface area (Å²) in [7, 11) is -2.49. The van der Waals surface area contributed by atoms with E-state index in [1.807, 2.05) is 0 Å². The summed E-state index contributed by atoms with van der Waals surface area (Å²) in [5.41, 5.74) is 2.28. The van der Waals surface area contributed by atoms with Gasteiger partial charge in [0, 0.05) is 19.6 Å². The van der Waals surface area contributed by atoms with Crippen LogP contribution in [0.3, 0.4) is 0 Å². The Labute approximate surface area is 152 Å². The number of hydrogen-bond donors (Lipinski definition) is 4. The van der Waals surface area contributed by atoms with Gasteiger partial charge in [-0.1, -0.05) is 0 Å². The molecule has 4 N–H and O–H groups in total. The van der Waals surface area contributed by atoms with E-state index in [-0.39, 0.29) is 23.5 Å². The number of amides is 1. The second-order valence-corrected chi connectivity index (χ2v) is 8.56. The fraction of sp³-hybridized carbons (Fsp3) is 0.571. The maximum atomic E-state index is 12.2. The lowest BCUT2D eigenvalue weighted by Crippen LogP contribution is -2.40. The van der Waals surface area contributed by atoms with Crippen LogP contribution in [0.1, 0.15) is 20.3 Å². The van der Waals surface area contributed by atoms with E-state index in [1.165, 1.54) is 20.9 Å². The molecule has 0 aliphatic carbocycles. The largest absolute Gasteiger partial charge is 0.413 e. The summed E-state index contributed by atoms with van der Waals surface area (Å²) in [6, 6.07) is -0.0144. The molecule has 2 heterocycles. The van der Waals surface area contributed by atoms with Crippen molar-refractivity contribution in [2.75, 3.05) is 20.1 Å². The molecule has 1 amide bonds. The van der Waals surface area contributed by atoms with Gasteiger partial charge in [-0.25, -0.2) is 13.8 Å². The number of nitrogens with one attached hydrogen (secondary N) is 4. The molecule has 2 aliphatic heterocycles. The zero-order valence-corrected chi connectivity index (χ0v) is 15.7. The first-order valence-corrected chi connectivity index (χ1v) is 9.49. The molecule has 1 atom stereocenters. The predicted octanol–water partition coefficient (Wildman–Crippen LogP) is -1.09. The summed E-state index contributed by atoms with van der Waals surface area (Å²) in [5.74, 6) is -1.34. The zero-order chi connectivity index (χ0) is 19.5. The van der Waals surface area contributed by atoms with Crippen molar-refractivity contribution in [3.63, 3.8) is 0 Å². The van der Waals surface area contributed by atoms with Crippen LogP contribution < -0.4 is 16.1 Å². The van der Waals surface area contributed by atoms with E-state index >= 15 is 0 Å². The number of rotatable bonds is 6. The highest BCUT2D eigenvalue weighted by atomic mass is 32.2. The molecule has 1 unspecified atom stereocenters. The summed E-state index contributed by atoms with van der Waals surface area (Å²) >= 11 is 0. The highest BCUT2D eigenvalue weighted by molar-refractivity contribution is 7.90. The van der Waals surface area contributed by atoms with Gasteiger partial charge >= 0.3 is 11.8 Å². The smallest absolute Gasteiger partial charge is 0.309 e. The van der Waals surface area contributed by atoms with Crippen LogP contribution in [0.4, 0.5) is 0 Å². The van der Waals surface area contributed by atoms with E-state index in [2.05, 4.69) is 32.9 Å². The topological polar surface area (TPSA) is 148 Å². The fourth-order valence-electron chi connectivity index (χ4n) is 2.31. The third-order valence-electron chi connectivity index (χ3n) is 3.94. The number of hydrogen-bond acceptors (Lipinski definition) is 9. The van der Waals surface area contributed by atoms with Crippen LogP contribution in [0.5, 0.6) is 0 Å². The van der Waals surface area contributed by atoms with Gasteiger partial charge < -0.3 is 15.4 Å². The highest BCUT2D eigenvalue weighted by Gasteiger charge is 2.31. The average molecular weight is 385 g/mol. The van der Waals surface area contributed by atoms with Gasteiger partial charge in [-0.2, -0.15) is 0 Å². The average Bonchev–Trinajstić information content (AvgIpc) is 3.26. The molecule has 2 rings (SSSR count). The molecule has 11 nitrogen and oxygen atoms in total. The Balaban J connectivity index is 2.12. The molecular weight excluding hydrogens is 362 g/mol. The van der Waals surface area contributed by atoms with Gasteiger partial charge in [0.05, 0.1) is 5.25 Å². The third kappa shape index (κ3) is 4.02. The Kier molecular flexibility index (Phi) is 5.97. The predicted molar refractivity (Wildman–Crippen MR) is 97.2 cm³/mol. The SMILES string of the molecule is C=NC(C(=N)N(C)S(=O)(=O)C(C)C)=C1NN=C(C(=O)NC2CCNC2)O1. The summed E-state index contributed by atoms with van der Waals surface area (Å²) in [6.45, 7) is 7.82. The van der Waals surface area contributed by atoms with Gasteiger partial charge in [-0.3, -0.25) is 19.5 Å². The number of likely N-dealkylation sites (N-methyl/N-ethyl adjacent to an activating group) is 1. The molecule has 2 aliphatic rings. The standard InChI is InChI=1S/C14H23N7O4S/c1-8(2)26(23,24)21(4)11(15)10(16-3)13-19-20-14(25-13)12(22)18-9-5-6-17-7-9/h8-9,15,17,19H,3,5-7H2,1-2,4H3,(H,18,22). The van der Waals surface area contributed by atoms with Crippen molar-refractivity contribution in [1.29, 1.82) is 5.41 Å². The maximum Gasteiger partial charge on any atom is 0.309 e. The first-order chi connectivity index (χ1) is 12.2. The molecule has 0 aromatic rings. The van der Waals surface area contributed by atoms with Crippen LogP contribution in [0.15, 0.2) is 21.7 Å². The van der Waals surface area contributed by atoms with Gasteiger partial charge in [-0.05, 0) is 33.5 Å². The van der Waals surface area contributed by atoms with Gasteiger partial charge in [0.25, 0.3) is 0 Å². The van der Waals surface area contributed by atoms with E-state index < -0.39 is 27.0 Å². The summed E-state index contributed by atoms with van der Waals surface area (Å²) in [4.78, 5) is 15.8. The number of carbonyl (C=O) groups excluding carboxylic acids is 1. The lowest BCUT2D eigenvalue weighted by molar-refractivity contribution is -0.116. The van der Waals surface area contributed by atoms with Gasteiger partial charge in [-0.15, -0.1) is 5.10 Å². The Morgan fingerprint density at radius 3 is 2.77 bits per heavy atom. The highest BCUT2D eigenvalue weighted by Crippen LogP contribution is 2.17. The summed E-state index contributed by atoms with van der Waals surface area (Å²) in [6.07, 6.45) is 0.803. The molecule has 26 heavy (non-hydrogen) atoms. The Hall–Kier alpha value is -2.47. The molecule has 1 saturated heterocycles. The van der Waals surface area contributed by atoms with E-state index in [9.17, 15) is 13.2 Å². The van der Waals surface area contributed by atoms with Crippen LogP contribution in [-0.4, -0.2) is 68.5 Å². The van der Waals surface area contributed by atoms with Crippen molar-refractivity contribution in [3.8, 4) is 0 Å². The zero-order valence-electron chi connectivity index (χ0n) is 14.9.